The number of aromatic nitrogens is 1. The van der Waals surface area contributed by atoms with E-state index in [1.54, 1.807) is 0 Å². The van der Waals surface area contributed by atoms with E-state index in [1.165, 1.54) is 11.1 Å². The SMILES string of the molecule is Cc1cccc(Cc2cc(CC(=O)NCC3CCOC3)no2)c1. The second kappa shape index (κ2) is 7.42. The van der Waals surface area contributed by atoms with Crippen LogP contribution < -0.4 is 5.32 Å². The topological polar surface area (TPSA) is 64.4 Å². The van der Waals surface area contributed by atoms with Gasteiger partial charge in [-0.2, -0.15) is 0 Å². The van der Waals surface area contributed by atoms with Crippen molar-refractivity contribution in [1.82, 2.24) is 10.5 Å². The number of nitrogens with zero attached hydrogens (tertiary/aromatic N) is 1. The Labute approximate surface area is 136 Å². The van der Waals surface area contributed by atoms with Crippen LogP contribution in [-0.4, -0.2) is 30.8 Å². The Hall–Kier alpha value is -2.14. The normalized spacial score (nSPS) is 17.3. The van der Waals surface area contributed by atoms with Crippen LogP contribution in [0.1, 0.15) is 29.0 Å². The molecule has 0 radical (unpaired) electrons. The maximum Gasteiger partial charge on any atom is 0.226 e. The predicted octanol–water partition coefficient (Wildman–Crippen LogP) is 2.27. The van der Waals surface area contributed by atoms with Gasteiger partial charge in [0.15, 0.2) is 0 Å². The van der Waals surface area contributed by atoms with Gasteiger partial charge in [-0.25, -0.2) is 0 Å². The van der Waals surface area contributed by atoms with Gasteiger partial charge in [0.25, 0.3) is 0 Å². The first-order chi connectivity index (χ1) is 11.2. The zero-order chi connectivity index (χ0) is 16.1. The Balaban J connectivity index is 1.49. The molecule has 0 spiro atoms. The number of carbonyl (C=O) groups is 1. The van der Waals surface area contributed by atoms with Gasteiger partial charge in [-0.05, 0) is 18.9 Å². The second-order valence-electron chi connectivity index (χ2n) is 6.16. The van der Waals surface area contributed by atoms with Crippen molar-refractivity contribution < 1.29 is 14.1 Å². The molecule has 0 bridgehead atoms. The highest BCUT2D eigenvalue weighted by Crippen LogP contribution is 2.13. The summed E-state index contributed by atoms with van der Waals surface area (Å²) in [5.41, 5.74) is 3.07. The third-order valence-corrected chi connectivity index (χ3v) is 4.02. The summed E-state index contributed by atoms with van der Waals surface area (Å²) in [7, 11) is 0. The lowest BCUT2D eigenvalue weighted by Gasteiger charge is -2.08. The Morgan fingerprint density at radius 2 is 2.30 bits per heavy atom. The molecule has 2 heterocycles. The van der Waals surface area contributed by atoms with Gasteiger partial charge in [-0.1, -0.05) is 35.0 Å². The molecule has 1 aromatic carbocycles. The summed E-state index contributed by atoms with van der Waals surface area (Å²) in [6, 6.07) is 10.1. The number of carbonyl (C=O) groups excluding carboxylic acids is 1. The number of hydrogen-bond acceptors (Lipinski definition) is 4. The summed E-state index contributed by atoms with van der Waals surface area (Å²) in [6.07, 6.45) is 1.96. The highest BCUT2D eigenvalue weighted by molar-refractivity contribution is 5.78. The Morgan fingerprint density at radius 1 is 1.39 bits per heavy atom. The zero-order valence-electron chi connectivity index (χ0n) is 13.4. The number of hydrogen-bond donors (Lipinski definition) is 1. The zero-order valence-corrected chi connectivity index (χ0v) is 13.4. The van der Waals surface area contributed by atoms with Crippen molar-refractivity contribution in [1.29, 1.82) is 0 Å². The van der Waals surface area contributed by atoms with Crippen LogP contribution in [0.25, 0.3) is 0 Å². The molecule has 0 saturated carbocycles. The molecule has 1 fully saturated rings. The minimum absolute atomic E-state index is 0.0210. The first-order valence-electron chi connectivity index (χ1n) is 8.03. The third kappa shape index (κ3) is 4.66. The molecule has 5 nitrogen and oxygen atoms in total. The summed E-state index contributed by atoms with van der Waals surface area (Å²) >= 11 is 0. The molecule has 3 rings (SSSR count). The average molecular weight is 314 g/mol. The van der Waals surface area contributed by atoms with E-state index in [2.05, 4.69) is 35.6 Å². The van der Waals surface area contributed by atoms with Gasteiger partial charge in [-0.15, -0.1) is 0 Å². The lowest BCUT2D eigenvalue weighted by Crippen LogP contribution is -2.30. The highest BCUT2D eigenvalue weighted by atomic mass is 16.5. The van der Waals surface area contributed by atoms with Crippen LogP contribution in [0, 0.1) is 12.8 Å². The Kier molecular flexibility index (Phi) is 5.08. The molecule has 2 aromatic rings. The smallest absolute Gasteiger partial charge is 0.226 e. The van der Waals surface area contributed by atoms with Gasteiger partial charge in [0.2, 0.25) is 5.91 Å². The van der Waals surface area contributed by atoms with Gasteiger partial charge in [0.05, 0.1) is 18.7 Å². The van der Waals surface area contributed by atoms with Crippen LogP contribution in [0.3, 0.4) is 0 Å². The fourth-order valence-corrected chi connectivity index (χ4v) is 2.78. The van der Waals surface area contributed by atoms with Crippen molar-refractivity contribution in [3.63, 3.8) is 0 Å². The number of aryl methyl sites for hydroxylation is 1. The second-order valence-corrected chi connectivity index (χ2v) is 6.16. The van der Waals surface area contributed by atoms with Crippen LogP contribution >= 0.6 is 0 Å². The molecular formula is C18H22N2O3. The molecule has 1 amide bonds. The van der Waals surface area contributed by atoms with E-state index in [9.17, 15) is 4.79 Å². The van der Waals surface area contributed by atoms with Crippen molar-refractivity contribution >= 4 is 5.91 Å². The molecule has 1 saturated heterocycles. The van der Waals surface area contributed by atoms with Crippen molar-refractivity contribution in [2.75, 3.05) is 19.8 Å². The quantitative estimate of drug-likeness (QED) is 0.888. The van der Waals surface area contributed by atoms with Gasteiger partial charge < -0.3 is 14.6 Å². The van der Waals surface area contributed by atoms with Crippen LogP contribution in [0.5, 0.6) is 0 Å². The van der Waals surface area contributed by atoms with Crippen LogP contribution in [0.15, 0.2) is 34.9 Å². The molecule has 1 N–H and O–H groups in total. The number of ether oxygens (including phenoxy) is 1. The van der Waals surface area contributed by atoms with Crippen LogP contribution in [0.2, 0.25) is 0 Å². The Bertz CT molecular complexity index is 660. The summed E-state index contributed by atoms with van der Waals surface area (Å²) in [6.45, 7) is 4.28. The summed E-state index contributed by atoms with van der Waals surface area (Å²) in [5.74, 6) is 1.20. The van der Waals surface area contributed by atoms with Gasteiger partial charge in [0.1, 0.15) is 5.76 Å². The molecule has 122 valence electrons. The predicted molar refractivity (Wildman–Crippen MR) is 86.1 cm³/mol. The lowest BCUT2D eigenvalue weighted by molar-refractivity contribution is -0.120. The molecule has 1 aliphatic heterocycles. The molecule has 1 unspecified atom stereocenters. The molecule has 1 atom stereocenters. The molecule has 0 aliphatic carbocycles. The first kappa shape index (κ1) is 15.7. The van der Waals surface area contributed by atoms with E-state index in [4.69, 9.17) is 9.26 Å². The van der Waals surface area contributed by atoms with Gasteiger partial charge in [-0.3, -0.25) is 4.79 Å². The molecule has 1 aliphatic rings. The third-order valence-electron chi connectivity index (χ3n) is 4.02. The number of nitrogens with one attached hydrogen (secondary N) is 1. The standard InChI is InChI=1S/C18H22N2O3/c1-13-3-2-4-14(7-13)8-17-9-16(20-23-17)10-18(21)19-11-15-5-6-22-12-15/h2-4,7,9,15H,5-6,8,10-12H2,1H3,(H,19,21). The van der Waals surface area contributed by atoms with E-state index in [0.717, 1.165) is 25.4 Å². The number of benzene rings is 1. The van der Waals surface area contributed by atoms with Crippen molar-refractivity contribution in [3.05, 3.63) is 52.9 Å². The van der Waals surface area contributed by atoms with E-state index in [1.807, 2.05) is 12.1 Å². The van der Waals surface area contributed by atoms with E-state index in [0.29, 0.717) is 24.6 Å². The monoisotopic (exact) mass is 314 g/mol. The van der Waals surface area contributed by atoms with Crippen molar-refractivity contribution in [3.8, 4) is 0 Å². The maximum absolute atomic E-state index is 11.9. The van der Waals surface area contributed by atoms with Crippen LogP contribution in [-0.2, 0) is 22.4 Å². The lowest BCUT2D eigenvalue weighted by atomic mass is 10.1. The average Bonchev–Trinajstić information content (AvgIpc) is 3.17. The maximum atomic E-state index is 11.9. The minimum atomic E-state index is -0.0210. The van der Waals surface area contributed by atoms with Crippen molar-refractivity contribution in [2.24, 2.45) is 5.92 Å². The minimum Gasteiger partial charge on any atom is -0.381 e. The highest BCUT2D eigenvalue weighted by Gasteiger charge is 2.17. The Morgan fingerprint density at radius 3 is 3.09 bits per heavy atom. The fourth-order valence-electron chi connectivity index (χ4n) is 2.78. The van der Waals surface area contributed by atoms with E-state index in [-0.39, 0.29) is 12.3 Å². The number of amides is 1. The molecule has 5 heteroatoms. The van der Waals surface area contributed by atoms with Crippen LogP contribution in [0.4, 0.5) is 0 Å². The molecule has 23 heavy (non-hydrogen) atoms. The first-order valence-corrected chi connectivity index (χ1v) is 8.03. The molecule has 1 aromatic heterocycles. The van der Waals surface area contributed by atoms with E-state index < -0.39 is 0 Å². The van der Waals surface area contributed by atoms with Crippen molar-refractivity contribution in [2.45, 2.75) is 26.2 Å². The molecular weight excluding hydrogens is 292 g/mol. The van der Waals surface area contributed by atoms with E-state index >= 15 is 0 Å². The van der Waals surface area contributed by atoms with Gasteiger partial charge >= 0.3 is 0 Å². The summed E-state index contributed by atoms with van der Waals surface area (Å²) in [5, 5.41) is 6.93. The van der Waals surface area contributed by atoms with Gasteiger partial charge in [0, 0.05) is 31.6 Å². The largest absolute Gasteiger partial charge is 0.381 e. The fraction of sp³-hybridized carbons (Fsp3) is 0.444. The summed E-state index contributed by atoms with van der Waals surface area (Å²) in [4.78, 5) is 11.9. The summed E-state index contributed by atoms with van der Waals surface area (Å²) < 4.78 is 10.6. The number of rotatable bonds is 6.